The molecule has 6 nitrogen and oxygen atoms in total. The fourth-order valence-electron chi connectivity index (χ4n) is 6.09. The third kappa shape index (κ3) is 3.41. The number of hydrogen-bond donors (Lipinski definition) is 2. The van der Waals surface area contributed by atoms with E-state index in [0.717, 1.165) is 46.8 Å². The second-order valence-electron chi connectivity index (χ2n) is 9.83. The molecular formula is C27H28FN3O3. The predicted molar refractivity (Wildman–Crippen MR) is 128 cm³/mol. The molecule has 2 aliphatic rings. The van der Waals surface area contributed by atoms with E-state index in [0.29, 0.717) is 37.5 Å². The van der Waals surface area contributed by atoms with Gasteiger partial charge in [0, 0.05) is 41.3 Å². The molecular weight excluding hydrogens is 433 g/mol. The number of nitrogens with one attached hydrogen (secondary N) is 1. The van der Waals surface area contributed by atoms with Crippen LogP contribution in [0.25, 0.3) is 27.5 Å². The Morgan fingerprint density at radius 2 is 1.97 bits per heavy atom. The topological polar surface area (TPSA) is 80.1 Å². The quantitative estimate of drug-likeness (QED) is 0.402. The van der Waals surface area contributed by atoms with E-state index in [1.807, 2.05) is 18.3 Å². The molecule has 0 unspecified atom stereocenters. The number of aromatic nitrogens is 3. The van der Waals surface area contributed by atoms with Crippen molar-refractivity contribution >= 4 is 27.8 Å². The maximum Gasteiger partial charge on any atom is 0.306 e. The molecule has 2 atom stereocenters. The lowest BCUT2D eigenvalue weighted by Crippen LogP contribution is -2.19. The van der Waals surface area contributed by atoms with Crippen LogP contribution >= 0.6 is 0 Å². The lowest BCUT2D eigenvalue weighted by molar-refractivity contribution is -0.141. The Kier molecular flexibility index (Phi) is 5.17. The molecule has 2 aromatic carbocycles. The van der Waals surface area contributed by atoms with Crippen LogP contribution in [0.3, 0.4) is 0 Å². The van der Waals surface area contributed by atoms with Crippen LogP contribution in [0, 0.1) is 18.7 Å². The van der Waals surface area contributed by atoms with Gasteiger partial charge in [-0.25, -0.2) is 4.39 Å². The fraction of sp³-hybridized carbons (Fsp3) is 0.407. The highest BCUT2D eigenvalue weighted by molar-refractivity contribution is 5.99. The number of carboxylic acid groups (broad SMARTS) is 1. The Morgan fingerprint density at radius 3 is 2.71 bits per heavy atom. The van der Waals surface area contributed by atoms with E-state index < -0.39 is 5.97 Å². The van der Waals surface area contributed by atoms with E-state index in [1.165, 1.54) is 17.3 Å². The first-order valence-corrected chi connectivity index (χ1v) is 12.1. The minimum absolute atomic E-state index is 0.171. The van der Waals surface area contributed by atoms with Gasteiger partial charge in [0.25, 0.3) is 0 Å². The number of carboxylic acids is 1. The Balaban J connectivity index is 1.66. The summed E-state index contributed by atoms with van der Waals surface area (Å²) in [5, 5.41) is 19.2. The summed E-state index contributed by atoms with van der Waals surface area (Å²) in [6.45, 7) is 3.21. The van der Waals surface area contributed by atoms with E-state index in [1.54, 1.807) is 6.92 Å². The first kappa shape index (κ1) is 21.4. The number of fused-ring (bicyclic) bond motifs is 2. The van der Waals surface area contributed by atoms with Crippen molar-refractivity contribution in [3.05, 3.63) is 59.2 Å². The largest absolute Gasteiger partial charge is 0.481 e. The maximum absolute atomic E-state index is 14.2. The zero-order chi connectivity index (χ0) is 23.4. The van der Waals surface area contributed by atoms with Gasteiger partial charge in [0.05, 0.1) is 23.1 Å². The monoisotopic (exact) mass is 461 g/mol. The smallest absolute Gasteiger partial charge is 0.306 e. The third-order valence-electron chi connectivity index (χ3n) is 7.80. The fourth-order valence-corrected chi connectivity index (χ4v) is 6.09. The molecule has 1 aliphatic heterocycles. The van der Waals surface area contributed by atoms with Crippen molar-refractivity contribution in [1.82, 2.24) is 14.8 Å². The third-order valence-corrected chi connectivity index (χ3v) is 7.80. The average Bonchev–Trinajstić information content (AvgIpc) is 3.56. The number of aromatic amines is 1. The molecule has 176 valence electrons. The van der Waals surface area contributed by atoms with Gasteiger partial charge in [-0.3, -0.25) is 9.89 Å². The number of benzene rings is 2. The molecule has 2 aromatic heterocycles. The zero-order valence-corrected chi connectivity index (χ0v) is 19.2. The van der Waals surface area contributed by atoms with Crippen LogP contribution in [0.5, 0.6) is 0 Å². The second kappa shape index (κ2) is 8.24. The van der Waals surface area contributed by atoms with Crippen LogP contribution < -0.4 is 0 Å². The number of ether oxygens (including phenoxy) is 1. The molecule has 4 aromatic rings. The second-order valence-corrected chi connectivity index (χ2v) is 9.83. The van der Waals surface area contributed by atoms with Crippen LogP contribution in [-0.2, 0) is 9.53 Å². The minimum atomic E-state index is -0.705. The van der Waals surface area contributed by atoms with Gasteiger partial charge in [0.1, 0.15) is 5.82 Å². The van der Waals surface area contributed by atoms with Crippen molar-refractivity contribution in [3.63, 3.8) is 0 Å². The normalized spacial score (nSPS) is 21.6. The van der Waals surface area contributed by atoms with Crippen LogP contribution in [0.2, 0.25) is 0 Å². The molecule has 0 amide bonds. The van der Waals surface area contributed by atoms with Crippen LogP contribution in [0.4, 0.5) is 4.39 Å². The first-order valence-electron chi connectivity index (χ1n) is 12.1. The molecule has 3 heterocycles. The zero-order valence-electron chi connectivity index (χ0n) is 19.2. The number of aliphatic carboxylic acids is 1. The first-order chi connectivity index (χ1) is 16.5. The Hall–Kier alpha value is -3.19. The average molecular weight is 462 g/mol. The number of carbonyl (C=O) groups is 1. The van der Waals surface area contributed by atoms with Crippen molar-refractivity contribution in [3.8, 4) is 5.69 Å². The number of halogens is 1. The van der Waals surface area contributed by atoms with Gasteiger partial charge in [-0.1, -0.05) is 0 Å². The van der Waals surface area contributed by atoms with Crippen molar-refractivity contribution in [2.75, 3.05) is 13.2 Å². The lowest BCUT2D eigenvalue weighted by atomic mass is 9.86. The molecule has 7 heteroatoms. The highest BCUT2D eigenvalue weighted by Crippen LogP contribution is 2.48. The Labute approximate surface area is 196 Å². The van der Waals surface area contributed by atoms with Crippen LogP contribution in [-0.4, -0.2) is 39.1 Å². The summed E-state index contributed by atoms with van der Waals surface area (Å²) in [5.41, 5.74) is 6.06. The number of rotatable bonds is 4. The Bertz CT molecular complexity index is 1400. The van der Waals surface area contributed by atoms with Crippen molar-refractivity contribution in [2.45, 2.75) is 50.9 Å². The van der Waals surface area contributed by atoms with Crippen molar-refractivity contribution in [1.29, 1.82) is 0 Å². The van der Waals surface area contributed by atoms with Gasteiger partial charge in [-0.05, 0) is 86.4 Å². The summed E-state index contributed by atoms with van der Waals surface area (Å²) in [7, 11) is 0. The van der Waals surface area contributed by atoms with Crippen LogP contribution in [0.1, 0.15) is 60.8 Å². The molecule has 0 spiro atoms. The summed E-state index contributed by atoms with van der Waals surface area (Å²) in [6, 6.07) is 9.62. The molecule has 1 aliphatic carbocycles. The van der Waals surface area contributed by atoms with E-state index in [4.69, 9.17) is 4.74 Å². The molecule has 0 bridgehead atoms. The molecule has 2 fully saturated rings. The van der Waals surface area contributed by atoms with E-state index in [-0.39, 0.29) is 17.7 Å². The molecule has 2 N–H and O–H groups in total. The molecule has 1 saturated carbocycles. The van der Waals surface area contributed by atoms with Crippen LogP contribution in [0.15, 0.2) is 36.5 Å². The number of aryl methyl sites for hydroxylation is 1. The number of hydrogen-bond acceptors (Lipinski definition) is 3. The standard InChI is InChI=1S/C27H28FN3O3/c1-15-10-20(4-5-22(15)28)31-24-12-19-14-29-30-23(19)13-21(24)25(17-2-3-18(11-17)27(32)33)26(31)16-6-8-34-9-7-16/h4-5,10,12-14,16-18H,2-3,6-9,11H2,1H3,(H,29,30)(H,32,33)/t17-,18-/m1/s1. The van der Waals surface area contributed by atoms with Crippen molar-refractivity contribution in [2.24, 2.45) is 5.92 Å². The lowest BCUT2D eigenvalue weighted by Gasteiger charge is -2.27. The van der Waals surface area contributed by atoms with Gasteiger partial charge in [-0.15, -0.1) is 0 Å². The molecule has 34 heavy (non-hydrogen) atoms. The van der Waals surface area contributed by atoms with Gasteiger partial charge in [0.15, 0.2) is 0 Å². The number of H-pyrrole nitrogens is 1. The van der Waals surface area contributed by atoms with E-state index in [9.17, 15) is 14.3 Å². The SMILES string of the molecule is Cc1cc(-n2c(C3CCOCC3)c([C@@H]3CC[C@@H](C(=O)O)C3)c3cc4[nH]ncc4cc32)ccc1F. The maximum atomic E-state index is 14.2. The van der Waals surface area contributed by atoms with Gasteiger partial charge in [-0.2, -0.15) is 5.10 Å². The summed E-state index contributed by atoms with van der Waals surface area (Å²) in [6.07, 6.45) is 5.85. The molecule has 6 rings (SSSR count). The number of nitrogens with zero attached hydrogens (tertiary/aromatic N) is 2. The molecule has 0 radical (unpaired) electrons. The Morgan fingerprint density at radius 1 is 1.15 bits per heavy atom. The summed E-state index contributed by atoms with van der Waals surface area (Å²) >= 11 is 0. The van der Waals surface area contributed by atoms with Gasteiger partial charge in [0.2, 0.25) is 0 Å². The van der Waals surface area contributed by atoms with Crippen molar-refractivity contribution < 1.29 is 19.0 Å². The van der Waals surface area contributed by atoms with E-state index >= 15 is 0 Å². The highest BCUT2D eigenvalue weighted by Gasteiger charge is 2.37. The van der Waals surface area contributed by atoms with Gasteiger partial charge >= 0.3 is 5.97 Å². The predicted octanol–water partition coefficient (Wildman–Crippen LogP) is 5.82. The summed E-state index contributed by atoms with van der Waals surface area (Å²) in [4.78, 5) is 11.8. The summed E-state index contributed by atoms with van der Waals surface area (Å²) in [5.74, 6) is -0.768. The molecule has 1 saturated heterocycles. The summed E-state index contributed by atoms with van der Waals surface area (Å²) < 4.78 is 22.2. The van der Waals surface area contributed by atoms with E-state index in [2.05, 4.69) is 26.9 Å². The minimum Gasteiger partial charge on any atom is -0.481 e. The van der Waals surface area contributed by atoms with Gasteiger partial charge < -0.3 is 14.4 Å². The highest BCUT2D eigenvalue weighted by atomic mass is 19.1.